The third kappa shape index (κ3) is 4.01. The number of oxazole rings is 1. The molecule has 0 spiro atoms. The van der Waals surface area contributed by atoms with Crippen molar-refractivity contribution in [2.24, 2.45) is 5.73 Å². The molecule has 1 saturated heterocycles. The lowest BCUT2D eigenvalue weighted by molar-refractivity contribution is 0.0661. The number of rotatable bonds is 5. The Labute approximate surface area is 171 Å². The van der Waals surface area contributed by atoms with Crippen LogP contribution in [0, 0.1) is 6.92 Å². The molecule has 2 amide bonds. The van der Waals surface area contributed by atoms with Crippen LogP contribution in [0.3, 0.4) is 0 Å². The van der Waals surface area contributed by atoms with Crippen LogP contribution in [-0.2, 0) is 4.74 Å². The van der Waals surface area contributed by atoms with Crippen molar-refractivity contribution >= 4 is 23.3 Å². The number of carbonyl (C=O) groups is 2. The molecule has 11 nitrogen and oxygen atoms in total. The maximum Gasteiger partial charge on any atom is 0.277 e. The summed E-state index contributed by atoms with van der Waals surface area (Å²) in [4.78, 5) is 32.8. The van der Waals surface area contributed by atoms with Gasteiger partial charge in [0.1, 0.15) is 12.1 Å². The predicted molar refractivity (Wildman–Crippen MR) is 107 cm³/mol. The number of nitrogens with one attached hydrogen (secondary N) is 1. The number of amides is 2. The fraction of sp³-hybridized carbons (Fsp3) is 0.316. The van der Waals surface area contributed by atoms with Crippen LogP contribution in [-0.4, -0.2) is 44.8 Å². The Hall–Kier alpha value is -3.73. The van der Waals surface area contributed by atoms with E-state index in [1.165, 1.54) is 6.26 Å². The van der Waals surface area contributed by atoms with Crippen LogP contribution in [0.5, 0.6) is 0 Å². The highest BCUT2D eigenvalue weighted by molar-refractivity contribution is 6.07. The number of hydrogen-bond donors (Lipinski definition) is 3. The van der Waals surface area contributed by atoms with E-state index in [1.807, 2.05) is 0 Å². The molecule has 3 aromatic rings. The average Bonchev–Trinajstić information content (AvgIpc) is 3.35. The van der Waals surface area contributed by atoms with E-state index in [9.17, 15) is 9.59 Å². The van der Waals surface area contributed by atoms with Crippen LogP contribution in [0.25, 0.3) is 11.5 Å². The SMILES string of the molecule is Cc1cc(-c2nc(C(=O)Nc3cn(C4CCOCC4)nc3C(N)=O)co2)cc(N)n1. The zero-order valence-electron chi connectivity index (χ0n) is 16.3. The molecule has 1 aliphatic heterocycles. The molecule has 30 heavy (non-hydrogen) atoms. The average molecular weight is 411 g/mol. The number of anilines is 2. The molecule has 0 atom stereocenters. The van der Waals surface area contributed by atoms with Crippen molar-refractivity contribution in [1.29, 1.82) is 0 Å². The second-order valence-electron chi connectivity index (χ2n) is 6.99. The van der Waals surface area contributed by atoms with Gasteiger partial charge in [-0.2, -0.15) is 5.10 Å². The summed E-state index contributed by atoms with van der Waals surface area (Å²) >= 11 is 0. The molecule has 0 saturated carbocycles. The normalized spacial score (nSPS) is 14.6. The van der Waals surface area contributed by atoms with Crippen LogP contribution in [0.2, 0.25) is 0 Å². The molecule has 4 rings (SSSR count). The summed E-state index contributed by atoms with van der Waals surface area (Å²) in [7, 11) is 0. The van der Waals surface area contributed by atoms with Gasteiger partial charge in [0, 0.05) is 30.7 Å². The molecule has 1 fully saturated rings. The number of nitrogens with zero attached hydrogens (tertiary/aromatic N) is 4. The second-order valence-corrected chi connectivity index (χ2v) is 6.99. The number of hydrogen-bond acceptors (Lipinski definition) is 8. The van der Waals surface area contributed by atoms with E-state index in [-0.39, 0.29) is 29.0 Å². The van der Waals surface area contributed by atoms with Crippen molar-refractivity contribution in [2.45, 2.75) is 25.8 Å². The summed E-state index contributed by atoms with van der Waals surface area (Å²) in [5.74, 6) is -0.747. The maximum atomic E-state index is 12.7. The van der Waals surface area contributed by atoms with Crippen molar-refractivity contribution in [3.05, 3.63) is 41.7 Å². The Morgan fingerprint density at radius 2 is 2.00 bits per heavy atom. The van der Waals surface area contributed by atoms with Gasteiger partial charge < -0.3 is 25.9 Å². The first-order chi connectivity index (χ1) is 14.4. The van der Waals surface area contributed by atoms with Gasteiger partial charge in [-0.05, 0) is 31.9 Å². The summed E-state index contributed by atoms with van der Waals surface area (Å²) in [6.45, 7) is 3.01. The van der Waals surface area contributed by atoms with Crippen molar-refractivity contribution in [3.8, 4) is 11.5 Å². The van der Waals surface area contributed by atoms with Crippen LogP contribution >= 0.6 is 0 Å². The topological polar surface area (TPSA) is 164 Å². The first-order valence-corrected chi connectivity index (χ1v) is 9.39. The smallest absolute Gasteiger partial charge is 0.277 e. The lowest BCUT2D eigenvalue weighted by Crippen LogP contribution is -2.21. The standard InChI is InChI=1S/C19H21N7O4/c1-10-6-11(7-15(20)22-10)19-24-14(9-30-19)18(28)23-13-8-26(25-16(13)17(21)27)12-2-4-29-5-3-12/h6-9,12H,2-5H2,1H3,(H2,20,22)(H2,21,27)(H,23,28). The van der Waals surface area contributed by atoms with Crippen molar-refractivity contribution in [3.63, 3.8) is 0 Å². The lowest BCUT2D eigenvalue weighted by atomic mass is 10.1. The number of nitrogen functional groups attached to an aromatic ring is 1. The fourth-order valence-electron chi connectivity index (χ4n) is 3.32. The van der Waals surface area contributed by atoms with Crippen LogP contribution in [0.15, 0.2) is 29.0 Å². The van der Waals surface area contributed by atoms with Crippen LogP contribution in [0.4, 0.5) is 11.5 Å². The summed E-state index contributed by atoms with van der Waals surface area (Å²) in [5, 5.41) is 6.90. The number of aryl methyl sites for hydroxylation is 1. The highest BCUT2D eigenvalue weighted by Crippen LogP contribution is 2.25. The largest absolute Gasteiger partial charge is 0.444 e. The van der Waals surface area contributed by atoms with Gasteiger partial charge in [0.25, 0.3) is 11.8 Å². The van der Waals surface area contributed by atoms with E-state index in [4.69, 9.17) is 20.6 Å². The third-order valence-electron chi connectivity index (χ3n) is 4.74. The number of ether oxygens (including phenoxy) is 1. The van der Waals surface area contributed by atoms with Crippen molar-refractivity contribution in [1.82, 2.24) is 19.7 Å². The van der Waals surface area contributed by atoms with Gasteiger partial charge in [-0.3, -0.25) is 14.3 Å². The van der Waals surface area contributed by atoms with Crippen LogP contribution in [0.1, 0.15) is 45.6 Å². The van der Waals surface area contributed by atoms with Gasteiger partial charge in [0.05, 0.1) is 11.7 Å². The zero-order chi connectivity index (χ0) is 21.3. The molecule has 4 heterocycles. The number of pyridine rings is 1. The van der Waals surface area contributed by atoms with E-state index >= 15 is 0 Å². The molecule has 3 aromatic heterocycles. The molecule has 0 unspecified atom stereocenters. The lowest BCUT2D eigenvalue weighted by Gasteiger charge is -2.22. The van der Waals surface area contributed by atoms with E-state index in [0.717, 1.165) is 12.8 Å². The Morgan fingerprint density at radius 1 is 1.23 bits per heavy atom. The third-order valence-corrected chi connectivity index (χ3v) is 4.74. The van der Waals surface area contributed by atoms with Gasteiger partial charge in [0.2, 0.25) is 5.89 Å². The molecule has 0 bridgehead atoms. The number of nitrogens with two attached hydrogens (primary N) is 2. The molecule has 5 N–H and O–H groups in total. The van der Waals surface area contributed by atoms with E-state index in [0.29, 0.717) is 30.3 Å². The molecule has 0 radical (unpaired) electrons. The first-order valence-electron chi connectivity index (χ1n) is 9.39. The highest BCUT2D eigenvalue weighted by Gasteiger charge is 2.23. The molecule has 1 aliphatic rings. The minimum atomic E-state index is -0.736. The van der Waals surface area contributed by atoms with Gasteiger partial charge in [-0.25, -0.2) is 9.97 Å². The van der Waals surface area contributed by atoms with E-state index in [2.05, 4.69) is 20.4 Å². The molecule has 0 aliphatic carbocycles. The summed E-state index contributed by atoms with van der Waals surface area (Å²) in [5.41, 5.74) is 12.7. The van der Waals surface area contributed by atoms with Gasteiger partial charge >= 0.3 is 0 Å². The summed E-state index contributed by atoms with van der Waals surface area (Å²) in [6.07, 6.45) is 4.34. The molecule has 0 aromatic carbocycles. The van der Waals surface area contributed by atoms with E-state index in [1.54, 1.807) is 29.9 Å². The van der Waals surface area contributed by atoms with Crippen LogP contribution < -0.4 is 16.8 Å². The molecular formula is C19H21N7O4. The van der Waals surface area contributed by atoms with E-state index < -0.39 is 11.8 Å². The monoisotopic (exact) mass is 411 g/mol. The summed E-state index contributed by atoms with van der Waals surface area (Å²) in [6, 6.07) is 3.41. The predicted octanol–water partition coefficient (Wildman–Crippen LogP) is 1.53. The van der Waals surface area contributed by atoms with Crippen molar-refractivity contribution in [2.75, 3.05) is 24.3 Å². The zero-order valence-corrected chi connectivity index (χ0v) is 16.3. The Balaban J connectivity index is 1.56. The van der Waals surface area contributed by atoms with Gasteiger partial charge in [0.15, 0.2) is 11.4 Å². The Morgan fingerprint density at radius 3 is 2.70 bits per heavy atom. The summed E-state index contributed by atoms with van der Waals surface area (Å²) < 4.78 is 12.4. The Bertz CT molecular complexity index is 1080. The molecule has 11 heteroatoms. The first kappa shape index (κ1) is 19.6. The quantitative estimate of drug-likeness (QED) is 0.568. The molecule has 156 valence electrons. The number of primary amides is 1. The van der Waals surface area contributed by atoms with Crippen molar-refractivity contribution < 1.29 is 18.7 Å². The second kappa shape index (κ2) is 7.95. The number of carbonyl (C=O) groups excluding carboxylic acids is 2. The number of aromatic nitrogens is 4. The highest BCUT2D eigenvalue weighted by atomic mass is 16.5. The minimum absolute atomic E-state index is 0.0175. The van der Waals surface area contributed by atoms with Gasteiger partial charge in [-0.15, -0.1) is 0 Å². The fourth-order valence-corrected chi connectivity index (χ4v) is 3.32. The maximum absolute atomic E-state index is 12.7. The van der Waals surface area contributed by atoms with Gasteiger partial charge in [-0.1, -0.05) is 0 Å². The Kier molecular flexibility index (Phi) is 5.19. The molecular weight excluding hydrogens is 390 g/mol. The minimum Gasteiger partial charge on any atom is -0.444 e.